The molecular formula is C11H26O2Si. The smallest absolute Gasteiger partial charge is 0.137 e. The first-order chi connectivity index (χ1) is 6.79. The molecule has 0 aliphatic heterocycles. The van der Waals surface area contributed by atoms with Gasteiger partial charge in [0.05, 0.1) is 0 Å². The van der Waals surface area contributed by atoms with Crippen LogP contribution >= 0.6 is 0 Å². The van der Waals surface area contributed by atoms with E-state index in [1.54, 1.807) is 14.2 Å². The van der Waals surface area contributed by atoms with Crippen LogP contribution in [0.15, 0.2) is 0 Å². The Morgan fingerprint density at radius 3 is 1.64 bits per heavy atom. The van der Waals surface area contributed by atoms with Gasteiger partial charge in [0.1, 0.15) is 14.7 Å². The molecule has 0 aliphatic carbocycles. The zero-order valence-electron chi connectivity index (χ0n) is 10.2. The molecule has 0 aromatic carbocycles. The molecule has 0 aliphatic rings. The maximum Gasteiger partial charge on any atom is 0.137 e. The van der Waals surface area contributed by atoms with Gasteiger partial charge in [0, 0.05) is 14.2 Å². The summed E-state index contributed by atoms with van der Waals surface area (Å²) >= 11 is 0. The third-order valence-electron chi connectivity index (χ3n) is 2.71. The van der Waals surface area contributed by atoms with E-state index < -0.39 is 8.80 Å². The van der Waals surface area contributed by atoms with Crippen molar-refractivity contribution in [3.63, 3.8) is 0 Å². The van der Waals surface area contributed by atoms with Crippen LogP contribution in [0, 0.1) is 0 Å². The Morgan fingerprint density at radius 1 is 0.929 bits per heavy atom. The molecule has 0 heterocycles. The SMILES string of the molecule is CCCC[SiH](CCCC)C(OC)OC. The van der Waals surface area contributed by atoms with Crippen molar-refractivity contribution in [2.45, 2.75) is 57.5 Å². The van der Waals surface area contributed by atoms with Gasteiger partial charge in [0.15, 0.2) is 0 Å². The van der Waals surface area contributed by atoms with Crippen LogP contribution in [0.1, 0.15) is 39.5 Å². The van der Waals surface area contributed by atoms with Gasteiger partial charge in [-0.1, -0.05) is 51.6 Å². The summed E-state index contributed by atoms with van der Waals surface area (Å²) in [6, 6.07) is 2.73. The van der Waals surface area contributed by atoms with Crippen molar-refractivity contribution in [1.82, 2.24) is 0 Å². The molecule has 2 nitrogen and oxygen atoms in total. The topological polar surface area (TPSA) is 18.5 Å². The molecule has 86 valence electrons. The second-order valence-electron chi connectivity index (χ2n) is 3.88. The Kier molecular flexibility index (Phi) is 9.78. The molecule has 3 heteroatoms. The van der Waals surface area contributed by atoms with Gasteiger partial charge in [0.2, 0.25) is 0 Å². The van der Waals surface area contributed by atoms with Crippen LogP contribution in [0.5, 0.6) is 0 Å². The Balaban J connectivity index is 3.92. The molecule has 0 fully saturated rings. The number of ether oxygens (including phenoxy) is 2. The van der Waals surface area contributed by atoms with Crippen molar-refractivity contribution >= 4 is 8.80 Å². The van der Waals surface area contributed by atoms with Gasteiger partial charge in [-0.2, -0.15) is 0 Å². The molecule has 0 N–H and O–H groups in total. The molecule has 0 aromatic heterocycles. The number of hydrogen-bond acceptors (Lipinski definition) is 2. The first-order valence-electron chi connectivity index (χ1n) is 5.85. The quantitative estimate of drug-likeness (QED) is 0.437. The average Bonchev–Trinajstić information content (AvgIpc) is 2.22. The van der Waals surface area contributed by atoms with Crippen LogP contribution in [-0.2, 0) is 9.47 Å². The van der Waals surface area contributed by atoms with E-state index in [0.29, 0.717) is 0 Å². The van der Waals surface area contributed by atoms with Crippen molar-refractivity contribution in [1.29, 1.82) is 0 Å². The Morgan fingerprint density at radius 2 is 1.36 bits per heavy atom. The third-order valence-corrected chi connectivity index (χ3v) is 6.32. The summed E-state index contributed by atoms with van der Waals surface area (Å²) < 4.78 is 10.8. The second kappa shape index (κ2) is 9.68. The fourth-order valence-corrected chi connectivity index (χ4v) is 5.30. The number of hydrogen-bond donors (Lipinski definition) is 0. The maximum atomic E-state index is 5.40. The summed E-state index contributed by atoms with van der Waals surface area (Å²) in [5.74, 6) is 0.132. The fourth-order valence-electron chi connectivity index (χ4n) is 1.83. The molecule has 0 amide bonds. The number of unbranched alkanes of at least 4 members (excludes halogenated alkanes) is 2. The van der Waals surface area contributed by atoms with Crippen LogP contribution in [0.2, 0.25) is 12.1 Å². The normalized spacial score (nSPS) is 11.6. The summed E-state index contributed by atoms with van der Waals surface area (Å²) in [6.45, 7) is 4.50. The second-order valence-corrected chi connectivity index (χ2v) is 7.10. The molecule has 0 radical (unpaired) electrons. The largest absolute Gasteiger partial charge is 0.360 e. The predicted molar refractivity (Wildman–Crippen MR) is 64.4 cm³/mol. The number of methoxy groups -OCH3 is 2. The molecule has 14 heavy (non-hydrogen) atoms. The molecule has 0 aromatic rings. The van der Waals surface area contributed by atoms with E-state index in [4.69, 9.17) is 9.47 Å². The van der Waals surface area contributed by atoms with Gasteiger partial charge < -0.3 is 9.47 Å². The number of rotatable bonds is 9. The maximum absolute atomic E-state index is 5.40. The van der Waals surface area contributed by atoms with E-state index in [2.05, 4.69) is 13.8 Å². The minimum atomic E-state index is -0.828. The molecule has 0 saturated heterocycles. The van der Waals surface area contributed by atoms with E-state index in [9.17, 15) is 0 Å². The minimum Gasteiger partial charge on any atom is -0.360 e. The van der Waals surface area contributed by atoms with E-state index in [0.717, 1.165) is 0 Å². The lowest BCUT2D eigenvalue weighted by Crippen LogP contribution is -2.34. The van der Waals surface area contributed by atoms with E-state index in [-0.39, 0.29) is 5.91 Å². The molecule has 0 unspecified atom stereocenters. The lowest BCUT2D eigenvalue weighted by atomic mass is 10.4. The molecule has 0 saturated carbocycles. The highest BCUT2D eigenvalue weighted by Crippen LogP contribution is 2.15. The minimum absolute atomic E-state index is 0.132. The van der Waals surface area contributed by atoms with Gasteiger partial charge in [-0.15, -0.1) is 0 Å². The van der Waals surface area contributed by atoms with Crippen LogP contribution in [0.4, 0.5) is 0 Å². The van der Waals surface area contributed by atoms with E-state index in [1.807, 2.05) is 0 Å². The highest BCUT2D eigenvalue weighted by atomic mass is 28.3. The highest BCUT2D eigenvalue weighted by molar-refractivity contribution is 6.59. The lowest BCUT2D eigenvalue weighted by Gasteiger charge is -2.23. The standard InChI is InChI=1S/C11H26O2Si/c1-5-7-9-14(10-8-6-2)11(12-3)13-4/h11,14H,5-10H2,1-4H3. The van der Waals surface area contributed by atoms with Crippen LogP contribution < -0.4 is 0 Å². The van der Waals surface area contributed by atoms with Gasteiger partial charge in [0.25, 0.3) is 0 Å². The summed E-state index contributed by atoms with van der Waals surface area (Å²) in [5, 5.41) is 0. The summed E-state index contributed by atoms with van der Waals surface area (Å²) in [5.41, 5.74) is 0. The molecule has 0 rings (SSSR count). The first-order valence-corrected chi connectivity index (χ1v) is 8.15. The first kappa shape index (κ1) is 14.1. The predicted octanol–water partition coefficient (Wildman–Crippen LogP) is 2.97. The van der Waals surface area contributed by atoms with Crippen molar-refractivity contribution in [3.8, 4) is 0 Å². The van der Waals surface area contributed by atoms with Gasteiger partial charge in [-0.3, -0.25) is 0 Å². The van der Waals surface area contributed by atoms with E-state index in [1.165, 1.54) is 37.8 Å². The van der Waals surface area contributed by atoms with Crippen molar-refractivity contribution in [2.24, 2.45) is 0 Å². The third kappa shape index (κ3) is 5.78. The lowest BCUT2D eigenvalue weighted by molar-refractivity contribution is -0.0476. The van der Waals surface area contributed by atoms with Gasteiger partial charge >= 0.3 is 0 Å². The summed E-state index contributed by atoms with van der Waals surface area (Å²) in [4.78, 5) is 0. The van der Waals surface area contributed by atoms with Crippen LogP contribution in [0.3, 0.4) is 0 Å². The highest BCUT2D eigenvalue weighted by Gasteiger charge is 2.21. The van der Waals surface area contributed by atoms with Crippen molar-refractivity contribution in [3.05, 3.63) is 0 Å². The van der Waals surface area contributed by atoms with Gasteiger partial charge in [-0.05, 0) is 0 Å². The molecule has 0 bridgehead atoms. The Labute approximate surface area is 90.6 Å². The van der Waals surface area contributed by atoms with Gasteiger partial charge in [-0.25, -0.2) is 0 Å². The van der Waals surface area contributed by atoms with Crippen molar-refractivity contribution in [2.75, 3.05) is 14.2 Å². The molecule has 0 atom stereocenters. The monoisotopic (exact) mass is 218 g/mol. The van der Waals surface area contributed by atoms with Crippen LogP contribution in [0.25, 0.3) is 0 Å². The molecular weight excluding hydrogens is 192 g/mol. The van der Waals surface area contributed by atoms with Crippen molar-refractivity contribution < 1.29 is 9.47 Å². The summed E-state index contributed by atoms with van der Waals surface area (Å²) in [7, 11) is 2.71. The zero-order chi connectivity index (χ0) is 10.8. The Bertz CT molecular complexity index is 108. The average molecular weight is 218 g/mol. The summed E-state index contributed by atoms with van der Waals surface area (Å²) in [6.07, 6.45) is 5.25. The zero-order valence-corrected chi connectivity index (χ0v) is 11.4. The fraction of sp³-hybridized carbons (Fsp3) is 1.00. The Hall–Kier alpha value is 0.137. The van der Waals surface area contributed by atoms with Crippen LogP contribution in [-0.4, -0.2) is 28.9 Å². The van der Waals surface area contributed by atoms with E-state index >= 15 is 0 Å². The molecule has 0 spiro atoms.